The van der Waals surface area contributed by atoms with Crippen LogP contribution in [-0.4, -0.2) is 60.8 Å². The Hall–Kier alpha value is -3.10. The summed E-state index contributed by atoms with van der Waals surface area (Å²) in [6.45, 7) is 18.7. The summed E-state index contributed by atoms with van der Waals surface area (Å²) in [7, 11) is 0. The van der Waals surface area contributed by atoms with Crippen LogP contribution >= 0.6 is 0 Å². The lowest BCUT2D eigenvalue weighted by Gasteiger charge is -2.61. The van der Waals surface area contributed by atoms with Crippen LogP contribution in [0.3, 0.4) is 0 Å². The van der Waals surface area contributed by atoms with Crippen LogP contribution < -0.4 is 9.47 Å². The predicted molar refractivity (Wildman–Crippen MR) is 265 cm³/mol. The van der Waals surface area contributed by atoms with E-state index < -0.39 is 23.0 Å². The number of ether oxygens (including phenoxy) is 4. The maximum absolute atomic E-state index is 13.8. The van der Waals surface area contributed by atoms with Crippen LogP contribution in [0.5, 0.6) is 11.5 Å². The van der Waals surface area contributed by atoms with Gasteiger partial charge in [-0.1, -0.05) is 78.6 Å². The molecule has 14 unspecified atom stereocenters. The maximum atomic E-state index is 13.8. The van der Waals surface area contributed by atoms with E-state index in [0.29, 0.717) is 35.2 Å². The van der Waals surface area contributed by atoms with Crippen molar-refractivity contribution in [1.82, 2.24) is 0 Å². The van der Waals surface area contributed by atoms with Crippen LogP contribution in [0.25, 0.3) is 0 Å². The average molecular weight is 925 g/mol. The summed E-state index contributed by atoms with van der Waals surface area (Å²) in [6, 6.07) is 15.7. The quantitative estimate of drug-likeness (QED) is 0.160. The molecule has 6 fully saturated rings. The Balaban J connectivity index is 0.738. The van der Waals surface area contributed by atoms with Crippen molar-refractivity contribution in [2.45, 2.75) is 177 Å². The second-order valence-electron chi connectivity index (χ2n) is 24.8. The molecule has 2 aromatic rings. The first-order valence-corrected chi connectivity index (χ1v) is 27.1. The van der Waals surface area contributed by atoms with Crippen molar-refractivity contribution in [2.24, 2.45) is 80.8 Å². The van der Waals surface area contributed by atoms with E-state index in [2.05, 4.69) is 55.4 Å². The molecule has 0 heterocycles. The zero-order chi connectivity index (χ0) is 47.7. The zero-order valence-corrected chi connectivity index (χ0v) is 42.7. The monoisotopic (exact) mass is 925 g/mol. The molecular weight excluding hydrogens is 837 g/mol. The lowest BCUT2D eigenvalue weighted by molar-refractivity contribution is -0.182. The summed E-state index contributed by atoms with van der Waals surface area (Å²) in [6.07, 6.45) is 17.7. The van der Waals surface area contributed by atoms with Gasteiger partial charge in [0.15, 0.2) is 0 Å². The van der Waals surface area contributed by atoms with E-state index in [9.17, 15) is 19.8 Å². The average Bonchev–Trinajstić information content (AvgIpc) is 3.31. The molecule has 6 aliphatic rings. The van der Waals surface area contributed by atoms with E-state index in [-0.39, 0.29) is 49.2 Å². The standard InChI is InChI=1S/C59H88O8/c1-38(2)42-15-23-50-44(32-42)17-25-52-56(50,5)27-9-29-58(52,7)54(62)66-36-46(60)34-64-48-19-11-40(12-20-48)31-41-13-21-49(22-14-41)65-35-47(61)37-67-55(63)59(8)30-10-28-57(6)51-24-16-43(39(3)4)33-45(51)18-26-53(57)59/h11-14,19-22,38-39,42-47,50-53,60-61H,9-10,15-18,23-37H2,1-8H3. The molecule has 6 aliphatic carbocycles. The van der Waals surface area contributed by atoms with Gasteiger partial charge in [0.1, 0.15) is 50.1 Å². The van der Waals surface area contributed by atoms with Gasteiger partial charge in [0.25, 0.3) is 0 Å². The first-order valence-electron chi connectivity index (χ1n) is 27.1. The van der Waals surface area contributed by atoms with Crippen LogP contribution in [0.2, 0.25) is 0 Å². The maximum Gasteiger partial charge on any atom is 0.312 e. The lowest BCUT2D eigenvalue weighted by Crippen LogP contribution is -2.56. The van der Waals surface area contributed by atoms with Gasteiger partial charge in [0.05, 0.1) is 10.8 Å². The molecule has 372 valence electrons. The summed E-state index contributed by atoms with van der Waals surface area (Å²) in [5.41, 5.74) is 1.55. The second-order valence-corrected chi connectivity index (χ2v) is 24.8. The van der Waals surface area contributed by atoms with E-state index in [4.69, 9.17) is 18.9 Å². The van der Waals surface area contributed by atoms with Gasteiger partial charge in [-0.3, -0.25) is 9.59 Å². The van der Waals surface area contributed by atoms with Gasteiger partial charge in [0.2, 0.25) is 0 Å². The molecule has 2 aromatic carbocycles. The zero-order valence-electron chi connectivity index (χ0n) is 42.7. The molecule has 2 N–H and O–H groups in total. The molecule has 0 amide bonds. The minimum atomic E-state index is -0.915. The molecule has 0 bridgehead atoms. The smallest absolute Gasteiger partial charge is 0.312 e. The third-order valence-corrected chi connectivity index (χ3v) is 20.1. The Bertz CT molecular complexity index is 1820. The highest BCUT2D eigenvalue weighted by molar-refractivity contribution is 5.78. The van der Waals surface area contributed by atoms with E-state index in [0.717, 1.165) is 91.6 Å². The second kappa shape index (κ2) is 20.7. The van der Waals surface area contributed by atoms with Crippen LogP contribution in [0.15, 0.2) is 48.5 Å². The largest absolute Gasteiger partial charge is 0.491 e. The predicted octanol–water partition coefficient (Wildman–Crippen LogP) is 12.4. The molecule has 0 saturated heterocycles. The lowest BCUT2D eigenvalue weighted by atomic mass is 9.43. The van der Waals surface area contributed by atoms with Crippen molar-refractivity contribution in [2.75, 3.05) is 26.4 Å². The van der Waals surface area contributed by atoms with Gasteiger partial charge >= 0.3 is 11.9 Å². The van der Waals surface area contributed by atoms with Gasteiger partial charge in [0, 0.05) is 0 Å². The van der Waals surface area contributed by atoms with E-state index in [1.54, 1.807) is 0 Å². The van der Waals surface area contributed by atoms with Crippen LogP contribution in [0, 0.1) is 80.8 Å². The summed E-state index contributed by atoms with van der Waals surface area (Å²) in [4.78, 5) is 27.7. The van der Waals surface area contributed by atoms with Gasteiger partial charge < -0.3 is 29.2 Å². The fraction of sp³-hybridized carbons (Fsp3) is 0.763. The molecule has 8 nitrogen and oxygen atoms in total. The molecule has 0 aromatic heterocycles. The fourth-order valence-corrected chi connectivity index (χ4v) is 16.2. The Labute approximate surface area is 404 Å². The van der Waals surface area contributed by atoms with Crippen molar-refractivity contribution >= 4 is 11.9 Å². The Kier molecular flexibility index (Phi) is 15.5. The first-order chi connectivity index (χ1) is 31.9. The third-order valence-electron chi connectivity index (χ3n) is 20.1. The first kappa shape index (κ1) is 50.3. The SMILES string of the molecule is CC(C)C1CCC2C(CCC3C(C)(C(=O)OCC(O)COc4ccc(Cc5ccc(OCC(O)COC(=O)C6(C)CCCC7(C)C8CCC(C(C)C)CC8CCC67)cc5)cc4)CCCC23C)C1. The highest BCUT2D eigenvalue weighted by Crippen LogP contribution is 2.66. The van der Waals surface area contributed by atoms with Crippen LogP contribution in [0.1, 0.15) is 169 Å². The molecule has 0 aliphatic heterocycles. The summed E-state index contributed by atoms with van der Waals surface area (Å²) in [5, 5.41) is 21.7. The van der Waals surface area contributed by atoms with Crippen LogP contribution in [0.4, 0.5) is 0 Å². The number of hydrogen-bond donors (Lipinski definition) is 2. The van der Waals surface area contributed by atoms with Crippen LogP contribution in [-0.2, 0) is 25.5 Å². The number of carbonyl (C=O) groups excluding carboxylic acids is 2. The van der Waals surface area contributed by atoms with E-state index in [1.807, 2.05) is 48.5 Å². The van der Waals surface area contributed by atoms with Gasteiger partial charge in [-0.2, -0.15) is 0 Å². The van der Waals surface area contributed by atoms with Crippen molar-refractivity contribution in [1.29, 1.82) is 0 Å². The number of benzene rings is 2. The van der Waals surface area contributed by atoms with E-state index >= 15 is 0 Å². The number of hydrogen-bond acceptors (Lipinski definition) is 8. The molecular formula is C59H88O8. The molecule has 14 atom stereocenters. The number of aliphatic hydroxyl groups excluding tert-OH is 2. The van der Waals surface area contributed by atoms with Crippen molar-refractivity contribution in [3.63, 3.8) is 0 Å². The van der Waals surface area contributed by atoms with Gasteiger partial charge in [-0.25, -0.2) is 0 Å². The third kappa shape index (κ3) is 10.5. The molecule has 6 saturated carbocycles. The molecule has 0 spiro atoms. The Morgan fingerprint density at radius 3 is 1.30 bits per heavy atom. The Morgan fingerprint density at radius 1 is 0.537 bits per heavy atom. The number of aliphatic hydroxyl groups is 2. The van der Waals surface area contributed by atoms with Crippen molar-refractivity contribution in [3.05, 3.63) is 59.7 Å². The molecule has 8 rings (SSSR count). The number of esters is 2. The number of carbonyl (C=O) groups is 2. The Morgan fingerprint density at radius 2 is 0.925 bits per heavy atom. The highest BCUT2D eigenvalue weighted by atomic mass is 16.6. The van der Waals surface area contributed by atoms with Gasteiger partial charge in [-0.15, -0.1) is 0 Å². The number of fused-ring (bicyclic) bond motifs is 6. The van der Waals surface area contributed by atoms with Crippen molar-refractivity contribution in [3.8, 4) is 11.5 Å². The fourth-order valence-electron chi connectivity index (χ4n) is 16.2. The minimum absolute atomic E-state index is 0.0446. The normalized spacial score (nSPS) is 37.0. The highest BCUT2D eigenvalue weighted by Gasteiger charge is 2.61. The minimum Gasteiger partial charge on any atom is -0.491 e. The summed E-state index contributed by atoms with van der Waals surface area (Å²) >= 11 is 0. The molecule has 67 heavy (non-hydrogen) atoms. The molecule has 8 heteroatoms. The summed E-state index contributed by atoms with van der Waals surface area (Å²) in [5.74, 6) is 7.78. The topological polar surface area (TPSA) is 112 Å². The van der Waals surface area contributed by atoms with Gasteiger partial charge in [-0.05, 0) is 216 Å². The number of rotatable bonds is 16. The summed E-state index contributed by atoms with van der Waals surface area (Å²) < 4.78 is 23.7. The van der Waals surface area contributed by atoms with Crippen molar-refractivity contribution < 1.29 is 38.7 Å². The van der Waals surface area contributed by atoms with E-state index in [1.165, 1.54) is 64.2 Å². The molecule has 0 radical (unpaired) electrons.